The zero-order valence-electron chi connectivity index (χ0n) is 10.7. The Labute approximate surface area is 111 Å². The van der Waals surface area contributed by atoms with Crippen LogP contribution in [-0.4, -0.2) is 24.5 Å². The third-order valence-electron chi connectivity index (χ3n) is 2.87. The molecule has 6 heteroatoms. The maximum Gasteiger partial charge on any atom is 0.262 e. The molecule has 6 nitrogen and oxygen atoms in total. The monoisotopic (exact) mass is 263 g/mol. The van der Waals surface area contributed by atoms with E-state index < -0.39 is 0 Å². The number of rotatable bonds is 4. The summed E-state index contributed by atoms with van der Waals surface area (Å²) in [5, 5.41) is 5.43. The van der Waals surface area contributed by atoms with E-state index >= 15 is 0 Å². The maximum absolute atomic E-state index is 11.7. The smallest absolute Gasteiger partial charge is 0.262 e. The lowest BCUT2D eigenvalue weighted by Crippen LogP contribution is -2.27. The standard InChI is InChI=1S/C13H17N3O3/c1-2-8(14)5-12(17)15-9-3-4-11-10(6-9)16-13(18)7-19-11/h3-4,6,8H,2,5,7,14H2,1H3,(H,15,17)(H,16,18). The van der Waals surface area contributed by atoms with E-state index in [0.717, 1.165) is 6.42 Å². The van der Waals surface area contributed by atoms with Gasteiger partial charge in [-0.05, 0) is 24.6 Å². The summed E-state index contributed by atoms with van der Waals surface area (Å²) >= 11 is 0. The Kier molecular flexibility index (Phi) is 4.01. The molecule has 0 bridgehead atoms. The molecule has 0 saturated carbocycles. The third kappa shape index (κ3) is 3.45. The van der Waals surface area contributed by atoms with Crippen LogP contribution in [0.25, 0.3) is 0 Å². The fourth-order valence-electron chi connectivity index (χ4n) is 1.76. The van der Waals surface area contributed by atoms with Gasteiger partial charge in [-0.25, -0.2) is 0 Å². The van der Waals surface area contributed by atoms with E-state index in [1.54, 1.807) is 18.2 Å². The molecule has 1 aromatic carbocycles. The molecule has 1 aliphatic rings. The Balaban J connectivity index is 2.04. The predicted octanol–water partition coefficient (Wildman–Crippen LogP) is 1.08. The van der Waals surface area contributed by atoms with Crippen LogP contribution in [0.5, 0.6) is 5.75 Å². The number of hydrogen-bond donors (Lipinski definition) is 3. The Morgan fingerprint density at radius 1 is 1.58 bits per heavy atom. The van der Waals surface area contributed by atoms with Crippen molar-refractivity contribution in [3.05, 3.63) is 18.2 Å². The van der Waals surface area contributed by atoms with Gasteiger partial charge >= 0.3 is 0 Å². The molecule has 0 fully saturated rings. The van der Waals surface area contributed by atoms with Crippen molar-refractivity contribution in [3.8, 4) is 5.75 Å². The summed E-state index contributed by atoms with van der Waals surface area (Å²) in [4.78, 5) is 22.9. The van der Waals surface area contributed by atoms with Crippen molar-refractivity contribution >= 4 is 23.2 Å². The number of hydrogen-bond acceptors (Lipinski definition) is 4. The van der Waals surface area contributed by atoms with Gasteiger partial charge in [-0.15, -0.1) is 0 Å². The van der Waals surface area contributed by atoms with E-state index in [9.17, 15) is 9.59 Å². The molecule has 102 valence electrons. The van der Waals surface area contributed by atoms with Crippen LogP contribution in [-0.2, 0) is 9.59 Å². The third-order valence-corrected chi connectivity index (χ3v) is 2.87. The van der Waals surface area contributed by atoms with Crippen molar-refractivity contribution in [3.63, 3.8) is 0 Å². The molecule has 2 rings (SSSR count). The van der Waals surface area contributed by atoms with Crippen LogP contribution < -0.4 is 21.1 Å². The minimum atomic E-state index is -0.205. The highest BCUT2D eigenvalue weighted by Gasteiger charge is 2.16. The minimum absolute atomic E-state index is 0.0179. The van der Waals surface area contributed by atoms with Gasteiger partial charge < -0.3 is 21.1 Å². The topological polar surface area (TPSA) is 93.5 Å². The van der Waals surface area contributed by atoms with Crippen LogP contribution in [0.1, 0.15) is 19.8 Å². The first-order chi connectivity index (χ1) is 9.08. The summed E-state index contributed by atoms with van der Waals surface area (Å²) in [7, 11) is 0. The maximum atomic E-state index is 11.7. The van der Waals surface area contributed by atoms with Crippen molar-refractivity contribution in [2.24, 2.45) is 5.73 Å². The van der Waals surface area contributed by atoms with Crippen LogP contribution in [0.4, 0.5) is 11.4 Å². The van der Waals surface area contributed by atoms with Gasteiger partial charge in [-0.2, -0.15) is 0 Å². The van der Waals surface area contributed by atoms with Gasteiger partial charge in [0.05, 0.1) is 5.69 Å². The first-order valence-corrected chi connectivity index (χ1v) is 6.20. The molecule has 1 aromatic rings. The number of nitrogens with two attached hydrogens (primary N) is 1. The summed E-state index contributed by atoms with van der Waals surface area (Å²) in [5.74, 6) is 0.254. The number of ether oxygens (including phenoxy) is 1. The zero-order chi connectivity index (χ0) is 13.8. The molecular formula is C13H17N3O3. The van der Waals surface area contributed by atoms with Gasteiger partial charge in [-0.3, -0.25) is 9.59 Å². The fraction of sp³-hybridized carbons (Fsp3) is 0.385. The molecule has 0 aromatic heterocycles. The molecule has 1 atom stereocenters. The molecule has 4 N–H and O–H groups in total. The normalized spacial score (nSPS) is 14.9. The second kappa shape index (κ2) is 5.71. The van der Waals surface area contributed by atoms with Crippen LogP contribution >= 0.6 is 0 Å². The summed E-state index contributed by atoms with van der Waals surface area (Å²) in [5.41, 5.74) is 6.89. The SMILES string of the molecule is CCC(N)CC(=O)Nc1ccc2c(c1)NC(=O)CO2. The molecule has 1 unspecified atom stereocenters. The van der Waals surface area contributed by atoms with Crippen LogP contribution in [0.3, 0.4) is 0 Å². The predicted molar refractivity (Wildman–Crippen MR) is 72.1 cm³/mol. The van der Waals surface area contributed by atoms with E-state index in [4.69, 9.17) is 10.5 Å². The summed E-state index contributed by atoms with van der Waals surface area (Å²) in [6.45, 7) is 1.95. The zero-order valence-corrected chi connectivity index (χ0v) is 10.7. The lowest BCUT2D eigenvalue weighted by Gasteiger charge is -2.18. The molecule has 19 heavy (non-hydrogen) atoms. The van der Waals surface area contributed by atoms with Crippen molar-refractivity contribution < 1.29 is 14.3 Å². The molecule has 2 amide bonds. The number of nitrogens with one attached hydrogen (secondary N) is 2. The Morgan fingerprint density at radius 2 is 2.37 bits per heavy atom. The number of carbonyl (C=O) groups is 2. The van der Waals surface area contributed by atoms with Crippen molar-refractivity contribution in [1.29, 1.82) is 0 Å². The highest BCUT2D eigenvalue weighted by Crippen LogP contribution is 2.30. The van der Waals surface area contributed by atoms with Gasteiger partial charge in [0.15, 0.2) is 6.61 Å². The Hall–Kier alpha value is -2.08. The van der Waals surface area contributed by atoms with Crippen molar-refractivity contribution in [2.45, 2.75) is 25.8 Å². The molecule has 0 aliphatic carbocycles. The second-order valence-electron chi connectivity index (χ2n) is 4.47. The Bertz CT molecular complexity index is 502. The molecule has 1 heterocycles. The van der Waals surface area contributed by atoms with Crippen molar-refractivity contribution in [2.75, 3.05) is 17.2 Å². The summed E-state index contributed by atoms with van der Waals surface area (Å²) in [6, 6.07) is 4.97. The quantitative estimate of drug-likeness (QED) is 0.757. The van der Waals surface area contributed by atoms with Gasteiger partial charge in [0.1, 0.15) is 5.75 Å². The highest BCUT2D eigenvalue weighted by atomic mass is 16.5. The number of carbonyl (C=O) groups excluding carboxylic acids is 2. The number of benzene rings is 1. The summed E-state index contributed by atoms with van der Waals surface area (Å²) in [6.07, 6.45) is 1.03. The fourth-order valence-corrected chi connectivity index (χ4v) is 1.76. The van der Waals surface area contributed by atoms with E-state index in [1.807, 2.05) is 6.92 Å². The van der Waals surface area contributed by atoms with E-state index in [1.165, 1.54) is 0 Å². The lowest BCUT2D eigenvalue weighted by molar-refractivity contribution is -0.118. The van der Waals surface area contributed by atoms with Gasteiger partial charge in [0, 0.05) is 18.2 Å². The highest BCUT2D eigenvalue weighted by molar-refractivity contribution is 5.97. The molecule has 0 radical (unpaired) electrons. The lowest BCUT2D eigenvalue weighted by atomic mass is 10.1. The van der Waals surface area contributed by atoms with Crippen LogP contribution in [0.2, 0.25) is 0 Å². The van der Waals surface area contributed by atoms with E-state index in [0.29, 0.717) is 17.1 Å². The number of fused-ring (bicyclic) bond motifs is 1. The molecule has 0 spiro atoms. The largest absolute Gasteiger partial charge is 0.482 e. The average Bonchev–Trinajstić information content (AvgIpc) is 2.37. The molecule has 1 aliphatic heterocycles. The van der Waals surface area contributed by atoms with Crippen LogP contribution in [0, 0.1) is 0 Å². The molecular weight excluding hydrogens is 246 g/mol. The number of anilines is 2. The van der Waals surface area contributed by atoms with Crippen molar-refractivity contribution in [1.82, 2.24) is 0 Å². The van der Waals surface area contributed by atoms with Gasteiger partial charge in [0.2, 0.25) is 5.91 Å². The minimum Gasteiger partial charge on any atom is -0.482 e. The van der Waals surface area contributed by atoms with Crippen LogP contribution in [0.15, 0.2) is 18.2 Å². The van der Waals surface area contributed by atoms with E-state index in [2.05, 4.69) is 10.6 Å². The van der Waals surface area contributed by atoms with Gasteiger partial charge in [0.25, 0.3) is 5.91 Å². The summed E-state index contributed by atoms with van der Waals surface area (Å²) < 4.78 is 5.23. The van der Waals surface area contributed by atoms with Gasteiger partial charge in [-0.1, -0.05) is 6.92 Å². The van der Waals surface area contributed by atoms with E-state index in [-0.39, 0.29) is 30.9 Å². The first kappa shape index (κ1) is 13.4. The first-order valence-electron chi connectivity index (χ1n) is 6.20. The average molecular weight is 263 g/mol. The second-order valence-corrected chi connectivity index (χ2v) is 4.47. The molecule has 0 saturated heterocycles. The Morgan fingerprint density at radius 3 is 3.11 bits per heavy atom. The number of amides is 2.